The Morgan fingerprint density at radius 3 is 2.35 bits per heavy atom. The van der Waals surface area contributed by atoms with Crippen molar-refractivity contribution in [3.05, 3.63) is 17.5 Å². The summed E-state index contributed by atoms with van der Waals surface area (Å²) in [6.07, 6.45) is 5.06. The lowest BCUT2D eigenvalue weighted by Crippen LogP contribution is -2.26. The van der Waals surface area contributed by atoms with Gasteiger partial charge in [-0.25, -0.2) is 0 Å². The highest BCUT2D eigenvalue weighted by Gasteiger charge is 2.30. The molecule has 1 aliphatic carbocycles. The smallest absolute Gasteiger partial charge is 0.169 e. The van der Waals surface area contributed by atoms with Gasteiger partial charge in [0, 0.05) is 18.7 Å². The molecule has 1 fully saturated rings. The SMILES string of the molecule is Cc1c(C(=O)C2CC(C)CC(C)C2)cnn1C. The third kappa shape index (κ3) is 2.43. The van der Waals surface area contributed by atoms with E-state index in [0.29, 0.717) is 17.6 Å². The second-order valence-corrected chi connectivity index (χ2v) is 5.75. The number of nitrogens with zero attached hydrogens (tertiary/aromatic N) is 2. The van der Waals surface area contributed by atoms with Gasteiger partial charge >= 0.3 is 0 Å². The lowest BCUT2D eigenvalue weighted by atomic mass is 9.74. The maximum atomic E-state index is 12.5. The molecule has 2 rings (SSSR count). The van der Waals surface area contributed by atoms with Crippen molar-refractivity contribution in [3.63, 3.8) is 0 Å². The van der Waals surface area contributed by atoms with Gasteiger partial charge in [0.2, 0.25) is 0 Å². The van der Waals surface area contributed by atoms with Crippen LogP contribution in [-0.2, 0) is 7.05 Å². The van der Waals surface area contributed by atoms with E-state index in [0.717, 1.165) is 24.1 Å². The van der Waals surface area contributed by atoms with Crippen molar-refractivity contribution in [1.29, 1.82) is 0 Å². The Kier molecular flexibility index (Phi) is 3.36. The number of aryl methyl sites for hydroxylation is 1. The summed E-state index contributed by atoms with van der Waals surface area (Å²) in [5, 5.41) is 4.17. The van der Waals surface area contributed by atoms with E-state index in [1.54, 1.807) is 10.9 Å². The second kappa shape index (κ2) is 4.63. The second-order valence-electron chi connectivity index (χ2n) is 5.75. The van der Waals surface area contributed by atoms with Gasteiger partial charge in [-0.15, -0.1) is 0 Å². The Balaban J connectivity index is 2.17. The van der Waals surface area contributed by atoms with Crippen molar-refractivity contribution in [2.45, 2.75) is 40.0 Å². The van der Waals surface area contributed by atoms with E-state index >= 15 is 0 Å². The molecule has 94 valence electrons. The summed E-state index contributed by atoms with van der Waals surface area (Å²) >= 11 is 0. The average molecular weight is 234 g/mol. The molecule has 1 aromatic heterocycles. The summed E-state index contributed by atoms with van der Waals surface area (Å²) in [6, 6.07) is 0. The molecule has 3 heteroatoms. The molecule has 0 aromatic carbocycles. The van der Waals surface area contributed by atoms with Crippen molar-refractivity contribution in [1.82, 2.24) is 9.78 Å². The van der Waals surface area contributed by atoms with Crippen LogP contribution in [0.4, 0.5) is 0 Å². The van der Waals surface area contributed by atoms with Gasteiger partial charge in [-0.3, -0.25) is 9.48 Å². The number of carbonyl (C=O) groups excluding carboxylic acids is 1. The minimum atomic E-state index is 0.205. The van der Waals surface area contributed by atoms with E-state index in [1.165, 1.54) is 6.42 Å². The Morgan fingerprint density at radius 2 is 1.88 bits per heavy atom. The quantitative estimate of drug-likeness (QED) is 0.737. The van der Waals surface area contributed by atoms with Crippen LogP contribution in [-0.4, -0.2) is 15.6 Å². The average Bonchev–Trinajstić information content (AvgIpc) is 2.57. The summed E-state index contributed by atoms with van der Waals surface area (Å²) in [6.45, 7) is 6.48. The third-order valence-electron chi connectivity index (χ3n) is 4.05. The molecule has 0 radical (unpaired) electrons. The Morgan fingerprint density at radius 1 is 1.29 bits per heavy atom. The van der Waals surface area contributed by atoms with Gasteiger partial charge in [-0.2, -0.15) is 5.10 Å². The van der Waals surface area contributed by atoms with Crippen LogP contribution in [0.2, 0.25) is 0 Å². The molecule has 17 heavy (non-hydrogen) atoms. The fourth-order valence-electron chi connectivity index (χ4n) is 3.12. The van der Waals surface area contributed by atoms with Crippen molar-refractivity contribution in [3.8, 4) is 0 Å². The number of ketones is 1. The molecular formula is C14H22N2O. The molecule has 0 aliphatic heterocycles. The van der Waals surface area contributed by atoms with Crippen LogP contribution in [0.5, 0.6) is 0 Å². The summed E-state index contributed by atoms with van der Waals surface area (Å²) in [4.78, 5) is 12.5. The van der Waals surface area contributed by atoms with E-state index in [9.17, 15) is 4.79 Å². The first-order chi connectivity index (χ1) is 7.99. The van der Waals surface area contributed by atoms with Crippen LogP contribution in [0.15, 0.2) is 6.20 Å². The fraction of sp³-hybridized carbons (Fsp3) is 0.714. The highest BCUT2D eigenvalue weighted by atomic mass is 16.1. The zero-order chi connectivity index (χ0) is 12.6. The van der Waals surface area contributed by atoms with Crippen molar-refractivity contribution in [2.75, 3.05) is 0 Å². The van der Waals surface area contributed by atoms with Crippen LogP contribution >= 0.6 is 0 Å². The number of hydrogen-bond donors (Lipinski definition) is 0. The molecule has 0 spiro atoms. The van der Waals surface area contributed by atoms with E-state index < -0.39 is 0 Å². The largest absolute Gasteiger partial charge is 0.294 e. The maximum absolute atomic E-state index is 12.5. The Labute approximate surface area is 103 Å². The topological polar surface area (TPSA) is 34.9 Å². The summed E-state index contributed by atoms with van der Waals surface area (Å²) in [7, 11) is 1.89. The lowest BCUT2D eigenvalue weighted by Gasteiger charge is -2.30. The zero-order valence-corrected chi connectivity index (χ0v) is 11.2. The van der Waals surface area contributed by atoms with E-state index in [4.69, 9.17) is 0 Å². The molecule has 1 saturated carbocycles. The molecule has 1 aromatic rings. The van der Waals surface area contributed by atoms with E-state index in [1.807, 2.05) is 14.0 Å². The van der Waals surface area contributed by atoms with Gasteiger partial charge in [-0.05, 0) is 38.0 Å². The number of Topliss-reactive ketones (excluding diaryl/α,β-unsaturated/α-hetero) is 1. The van der Waals surface area contributed by atoms with Gasteiger partial charge in [0.15, 0.2) is 5.78 Å². The van der Waals surface area contributed by atoms with Gasteiger partial charge in [0.05, 0.1) is 11.8 Å². The first-order valence-corrected chi connectivity index (χ1v) is 6.51. The highest BCUT2D eigenvalue weighted by molar-refractivity contribution is 5.98. The van der Waals surface area contributed by atoms with Crippen LogP contribution in [0.3, 0.4) is 0 Å². The van der Waals surface area contributed by atoms with Crippen LogP contribution in [0.25, 0.3) is 0 Å². The Hall–Kier alpha value is -1.12. The van der Waals surface area contributed by atoms with Gasteiger partial charge in [0.25, 0.3) is 0 Å². The van der Waals surface area contributed by atoms with Crippen LogP contribution < -0.4 is 0 Å². The van der Waals surface area contributed by atoms with Crippen LogP contribution in [0, 0.1) is 24.7 Å². The van der Waals surface area contributed by atoms with Crippen molar-refractivity contribution >= 4 is 5.78 Å². The van der Waals surface area contributed by atoms with Crippen LogP contribution in [0.1, 0.15) is 49.2 Å². The molecule has 3 nitrogen and oxygen atoms in total. The van der Waals surface area contributed by atoms with Gasteiger partial charge < -0.3 is 0 Å². The van der Waals surface area contributed by atoms with Crippen molar-refractivity contribution < 1.29 is 4.79 Å². The molecular weight excluding hydrogens is 212 g/mol. The Bertz CT molecular complexity index is 412. The highest BCUT2D eigenvalue weighted by Crippen LogP contribution is 2.35. The normalized spacial score (nSPS) is 29.3. The molecule has 1 aliphatic rings. The number of aromatic nitrogens is 2. The standard InChI is InChI=1S/C14H22N2O/c1-9-5-10(2)7-12(6-9)14(17)13-8-15-16(4)11(13)3/h8-10,12H,5-7H2,1-4H3. The zero-order valence-electron chi connectivity index (χ0n) is 11.2. The predicted octanol–water partition coefficient (Wildman–Crippen LogP) is 2.98. The van der Waals surface area contributed by atoms with Gasteiger partial charge in [0.1, 0.15) is 0 Å². The van der Waals surface area contributed by atoms with Gasteiger partial charge in [-0.1, -0.05) is 13.8 Å². The number of rotatable bonds is 2. The van der Waals surface area contributed by atoms with E-state index in [2.05, 4.69) is 18.9 Å². The molecule has 2 atom stereocenters. The molecule has 0 amide bonds. The molecule has 2 unspecified atom stereocenters. The molecule has 1 heterocycles. The monoisotopic (exact) mass is 234 g/mol. The first kappa shape index (κ1) is 12.3. The molecule has 0 saturated heterocycles. The van der Waals surface area contributed by atoms with E-state index in [-0.39, 0.29) is 5.92 Å². The summed E-state index contributed by atoms with van der Waals surface area (Å²) < 4.78 is 1.78. The lowest BCUT2D eigenvalue weighted by molar-refractivity contribution is 0.0835. The summed E-state index contributed by atoms with van der Waals surface area (Å²) in [5.74, 6) is 1.85. The summed E-state index contributed by atoms with van der Waals surface area (Å²) in [5.41, 5.74) is 1.81. The minimum absolute atomic E-state index is 0.205. The minimum Gasteiger partial charge on any atom is -0.294 e. The number of carbonyl (C=O) groups is 1. The fourth-order valence-corrected chi connectivity index (χ4v) is 3.12. The number of hydrogen-bond acceptors (Lipinski definition) is 2. The first-order valence-electron chi connectivity index (χ1n) is 6.51. The molecule has 0 N–H and O–H groups in total. The van der Waals surface area contributed by atoms with Crippen molar-refractivity contribution in [2.24, 2.45) is 24.8 Å². The maximum Gasteiger partial charge on any atom is 0.169 e. The molecule has 0 bridgehead atoms. The third-order valence-corrected chi connectivity index (χ3v) is 4.05. The predicted molar refractivity (Wildman–Crippen MR) is 67.9 cm³/mol.